The number of ketones is 1. The summed E-state index contributed by atoms with van der Waals surface area (Å²) in [6.45, 7) is 1.90. The third-order valence-corrected chi connectivity index (χ3v) is 3.15. The number of aryl methyl sites for hydroxylation is 1. The van der Waals surface area contributed by atoms with Gasteiger partial charge in [-0.1, -0.05) is 25.1 Å². The van der Waals surface area contributed by atoms with Crippen LogP contribution in [0, 0.1) is 0 Å². The van der Waals surface area contributed by atoms with E-state index >= 15 is 0 Å². The number of carbonyl (C=O) groups is 1. The van der Waals surface area contributed by atoms with E-state index in [9.17, 15) is 4.79 Å². The van der Waals surface area contributed by atoms with Crippen molar-refractivity contribution in [1.82, 2.24) is 0 Å². The lowest BCUT2D eigenvalue weighted by atomic mass is 9.83. The molecular weight excluding hydrogens is 222 g/mol. The van der Waals surface area contributed by atoms with Crippen molar-refractivity contribution in [2.75, 3.05) is 0 Å². The Morgan fingerprint density at radius 1 is 1.50 bits per heavy atom. The predicted molar refractivity (Wildman–Crippen MR) is 68.2 cm³/mol. The van der Waals surface area contributed by atoms with Crippen molar-refractivity contribution >= 4 is 18.2 Å². The summed E-state index contributed by atoms with van der Waals surface area (Å²) in [7, 11) is 0. The summed E-state index contributed by atoms with van der Waals surface area (Å²) >= 11 is 0. The first kappa shape index (κ1) is 13.2. The average Bonchev–Trinajstić information content (AvgIpc) is 2.28. The molecule has 0 heterocycles. The van der Waals surface area contributed by atoms with E-state index in [0.29, 0.717) is 6.42 Å². The number of halogens is 1. The van der Waals surface area contributed by atoms with E-state index < -0.39 is 0 Å². The third kappa shape index (κ3) is 2.28. The van der Waals surface area contributed by atoms with Gasteiger partial charge in [0.15, 0.2) is 5.78 Å². The smallest absolute Gasteiger partial charge is 0.162 e. The van der Waals surface area contributed by atoms with Crippen LogP contribution in [0.15, 0.2) is 18.2 Å². The van der Waals surface area contributed by atoms with Crippen molar-refractivity contribution in [1.29, 1.82) is 0 Å². The topological polar surface area (TPSA) is 43.1 Å². The normalized spacial score (nSPS) is 18.5. The molecule has 0 amide bonds. The third-order valence-electron chi connectivity index (χ3n) is 3.15. The molecule has 0 radical (unpaired) electrons. The molecule has 1 aromatic carbocycles. The first-order valence-corrected chi connectivity index (χ1v) is 5.64. The fourth-order valence-electron chi connectivity index (χ4n) is 2.36. The van der Waals surface area contributed by atoms with Crippen LogP contribution in [0.2, 0.25) is 0 Å². The molecule has 2 N–H and O–H groups in total. The van der Waals surface area contributed by atoms with Gasteiger partial charge in [-0.15, -0.1) is 12.4 Å². The molecule has 3 heteroatoms. The highest BCUT2D eigenvalue weighted by atomic mass is 35.5. The summed E-state index contributed by atoms with van der Waals surface area (Å²) in [6.07, 6.45) is 3.76. The summed E-state index contributed by atoms with van der Waals surface area (Å²) < 4.78 is 0. The summed E-state index contributed by atoms with van der Waals surface area (Å²) in [6, 6.07) is 6.04. The molecule has 0 aromatic heterocycles. The molecule has 0 fully saturated rings. The van der Waals surface area contributed by atoms with E-state index in [4.69, 9.17) is 5.73 Å². The molecule has 2 nitrogen and oxygen atoms in total. The van der Waals surface area contributed by atoms with Crippen LogP contribution < -0.4 is 5.73 Å². The Morgan fingerprint density at radius 2 is 2.25 bits per heavy atom. The molecule has 0 aliphatic heterocycles. The molecule has 88 valence electrons. The van der Waals surface area contributed by atoms with Crippen LogP contribution >= 0.6 is 12.4 Å². The van der Waals surface area contributed by atoms with Crippen molar-refractivity contribution in [2.45, 2.75) is 38.6 Å². The van der Waals surface area contributed by atoms with Gasteiger partial charge in [0.2, 0.25) is 0 Å². The highest BCUT2D eigenvalue weighted by Crippen LogP contribution is 2.31. The van der Waals surface area contributed by atoms with Crippen LogP contribution in [0.4, 0.5) is 0 Å². The highest BCUT2D eigenvalue weighted by molar-refractivity contribution is 5.97. The van der Waals surface area contributed by atoms with Crippen LogP contribution in [0.25, 0.3) is 0 Å². The monoisotopic (exact) mass is 239 g/mol. The number of hydrogen-bond donors (Lipinski definition) is 1. The fourth-order valence-corrected chi connectivity index (χ4v) is 2.36. The summed E-state index contributed by atoms with van der Waals surface area (Å²) in [5, 5.41) is 0. The van der Waals surface area contributed by atoms with Crippen molar-refractivity contribution in [2.24, 2.45) is 5.73 Å². The minimum atomic E-state index is 0. The fraction of sp³-hybridized carbons (Fsp3) is 0.462. The lowest BCUT2D eigenvalue weighted by Gasteiger charge is -2.24. The predicted octanol–water partition coefficient (Wildman–Crippen LogP) is 3.04. The summed E-state index contributed by atoms with van der Waals surface area (Å²) in [5.74, 6) is 0.212. The average molecular weight is 240 g/mol. The summed E-state index contributed by atoms with van der Waals surface area (Å²) in [5.41, 5.74) is 9.32. The molecule has 0 bridgehead atoms. The van der Waals surface area contributed by atoms with Crippen LogP contribution in [0.3, 0.4) is 0 Å². The van der Waals surface area contributed by atoms with E-state index in [-0.39, 0.29) is 24.2 Å². The maximum Gasteiger partial charge on any atom is 0.162 e. The molecule has 1 unspecified atom stereocenters. The Hall–Kier alpha value is -0.860. The lowest BCUT2D eigenvalue weighted by molar-refractivity contribution is 0.0986. The van der Waals surface area contributed by atoms with Gasteiger partial charge in [0.05, 0.1) is 0 Å². The zero-order valence-electron chi connectivity index (χ0n) is 9.53. The number of rotatable bonds is 2. The molecule has 1 aromatic rings. The van der Waals surface area contributed by atoms with E-state index in [1.54, 1.807) is 0 Å². The molecule has 0 saturated carbocycles. The van der Waals surface area contributed by atoms with Crippen molar-refractivity contribution in [3.05, 3.63) is 34.9 Å². The van der Waals surface area contributed by atoms with Crippen molar-refractivity contribution < 1.29 is 4.79 Å². The second-order valence-electron chi connectivity index (χ2n) is 4.15. The SMILES string of the molecule is CCC(=O)c1cccc2c1C(N)CCC2.Cl. The van der Waals surface area contributed by atoms with Crippen LogP contribution in [0.5, 0.6) is 0 Å². The molecule has 0 spiro atoms. The lowest BCUT2D eigenvalue weighted by Crippen LogP contribution is -2.21. The van der Waals surface area contributed by atoms with Gasteiger partial charge in [0.25, 0.3) is 0 Å². The molecule has 1 aliphatic carbocycles. The molecule has 0 saturated heterocycles. The largest absolute Gasteiger partial charge is 0.324 e. The number of nitrogens with two attached hydrogens (primary N) is 1. The van der Waals surface area contributed by atoms with E-state index in [0.717, 1.165) is 30.4 Å². The van der Waals surface area contributed by atoms with Gasteiger partial charge in [0, 0.05) is 18.0 Å². The zero-order chi connectivity index (χ0) is 10.8. The Morgan fingerprint density at radius 3 is 2.94 bits per heavy atom. The van der Waals surface area contributed by atoms with Gasteiger partial charge in [-0.2, -0.15) is 0 Å². The number of fused-ring (bicyclic) bond motifs is 1. The first-order valence-electron chi connectivity index (χ1n) is 5.64. The molecule has 16 heavy (non-hydrogen) atoms. The van der Waals surface area contributed by atoms with Crippen LogP contribution in [-0.4, -0.2) is 5.78 Å². The van der Waals surface area contributed by atoms with Gasteiger partial charge < -0.3 is 5.73 Å². The van der Waals surface area contributed by atoms with Gasteiger partial charge in [-0.3, -0.25) is 4.79 Å². The molecule has 1 atom stereocenters. The zero-order valence-corrected chi connectivity index (χ0v) is 10.3. The molecule has 1 aliphatic rings. The highest BCUT2D eigenvalue weighted by Gasteiger charge is 2.22. The maximum atomic E-state index is 11.8. The molecular formula is C13H18ClNO. The number of carbonyl (C=O) groups excluding carboxylic acids is 1. The van der Waals surface area contributed by atoms with E-state index in [1.807, 2.05) is 19.1 Å². The van der Waals surface area contributed by atoms with Crippen molar-refractivity contribution in [3.8, 4) is 0 Å². The molecule has 2 rings (SSSR count). The van der Waals surface area contributed by atoms with Crippen molar-refractivity contribution in [3.63, 3.8) is 0 Å². The number of hydrogen-bond acceptors (Lipinski definition) is 2. The van der Waals surface area contributed by atoms with Gasteiger partial charge in [0.1, 0.15) is 0 Å². The maximum absolute atomic E-state index is 11.8. The Labute approximate surface area is 103 Å². The van der Waals surface area contributed by atoms with Gasteiger partial charge in [-0.25, -0.2) is 0 Å². The Kier molecular flexibility index (Phi) is 4.51. The Balaban J connectivity index is 0.00000128. The van der Waals surface area contributed by atoms with Gasteiger partial charge in [-0.05, 0) is 30.4 Å². The van der Waals surface area contributed by atoms with Gasteiger partial charge >= 0.3 is 0 Å². The summed E-state index contributed by atoms with van der Waals surface area (Å²) in [4.78, 5) is 11.8. The Bertz CT molecular complexity index is 390. The van der Waals surface area contributed by atoms with E-state index in [1.165, 1.54) is 5.56 Å². The van der Waals surface area contributed by atoms with E-state index in [2.05, 4.69) is 6.07 Å². The minimum absolute atomic E-state index is 0. The number of Topliss-reactive ketones (excluding diaryl/α,β-unsaturated/α-hetero) is 1. The van der Waals surface area contributed by atoms with Crippen LogP contribution in [-0.2, 0) is 6.42 Å². The minimum Gasteiger partial charge on any atom is -0.324 e. The number of benzene rings is 1. The van der Waals surface area contributed by atoms with Crippen LogP contribution in [0.1, 0.15) is 53.7 Å². The quantitative estimate of drug-likeness (QED) is 0.807. The second kappa shape index (κ2) is 5.46. The second-order valence-corrected chi connectivity index (χ2v) is 4.15. The standard InChI is InChI=1S/C13H17NO.ClH/c1-2-12(15)10-7-3-5-9-6-4-8-11(14)13(9)10;/h3,5,7,11H,2,4,6,8,14H2,1H3;1H. The first-order chi connectivity index (χ1) is 7.24.